The van der Waals surface area contributed by atoms with Gasteiger partial charge in [-0.05, 0) is 30.4 Å². The van der Waals surface area contributed by atoms with Crippen LogP contribution in [0.1, 0.15) is 26.2 Å². The Morgan fingerprint density at radius 1 is 1.18 bits per heavy atom. The van der Waals surface area contributed by atoms with Crippen molar-refractivity contribution in [1.82, 2.24) is 4.98 Å². The van der Waals surface area contributed by atoms with E-state index in [-0.39, 0.29) is 0 Å². The number of aromatic nitrogens is 1. The Balaban J connectivity index is 2.20. The van der Waals surface area contributed by atoms with Gasteiger partial charge in [-0.1, -0.05) is 19.8 Å². The quantitative estimate of drug-likeness (QED) is 0.490. The van der Waals surface area contributed by atoms with Crippen LogP contribution in [0.5, 0.6) is 0 Å². The van der Waals surface area contributed by atoms with E-state index in [0.717, 1.165) is 11.1 Å². The molecule has 0 spiro atoms. The summed E-state index contributed by atoms with van der Waals surface area (Å²) in [5.74, 6) is 1.18. The van der Waals surface area contributed by atoms with E-state index < -0.39 is 0 Å². The normalized spacial score (nSPS) is 10.9. The van der Waals surface area contributed by atoms with Crippen LogP contribution in [0.15, 0.2) is 35.5 Å². The molecule has 1 aromatic heterocycles. The summed E-state index contributed by atoms with van der Waals surface area (Å²) in [6.07, 6.45) is 7.53. The lowest BCUT2D eigenvalue weighted by molar-refractivity contribution is 0.778. The van der Waals surface area contributed by atoms with E-state index in [1.165, 1.54) is 35.3 Å². The van der Waals surface area contributed by atoms with Gasteiger partial charge in [-0.15, -0.1) is 11.8 Å². The highest BCUT2D eigenvalue weighted by molar-refractivity contribution is 7.99. The zero-order chi connectivity index (χ0) is 12.1. The highest BCUT2D eigenvalue weighted by Crippen LogP contribution is 2.31. The van der Waals surface area contributed by atoms with E-state index >= 15 is 0 Å². The molecular formula is C14H18N2S. The summed E-state index contributed by atoms with van der Waals surface area (Å²) >= 11 is 1.92. The van der Waals surface area contributed by atoms with Crippen molar-refractivity contribution in [3.05, 3.63) is 30.6 Å². The second kappa shape index (κ2) is 5.92. The highest BCUT2D eigenvalue weighted by atomic mass is 32.2. The van der Waals surface area contributed by atoms with Crippen LogP contribution in [-0.4, -0.2) is 10.7 Å². The Morgan fingerprint density at radius 3 is 2.88 bits per heavy atom. The molecule has 0 fully saturated rings. The number of anilines is 1. The van der Waals surface area contributed by atoms with Crippen molar-refractivity contribution in [3.63, 3.8) is 0 Å². The van der Waals surface area contributed by atoms with Gasteiger partial charge in [0.2, 0.25) is 0 Å². The van der Waals surface area contributed by atoms with Gasteiger partial charge in [-0.25, -0.2) is 0 Å². The maximum atomic E-state index is 5.95. The first-order chi connectivity index (χ1) is 8.33. The molecule has 17 heavy (non-hydrogen) atoms. The zero-order valence-corrected chi connectivity index (χ0v) is 11.0. The van der Waals surface area contributed by atoms with Crippen molar-refractivity contribution in [3.8, 4) is 0 Å². The summed E-state index contributed by atoms with van der Waals surface area (Å²) < 4.78 is 0. The van der Waals surface area contributed by atoms with Gasteiger partial charge in [0, 0.05) is 33.7 Å². The van der Waals surface area contributed by atoms with Gasteiger partial charge >= 0.3 is 0 Å². The molecule has 2 nitrogen and oxygen atoms in total. The molecule has 0 unspecified atom stereocenters. The molecule has 2 rings (SSSR count). The maximum Gasteiger partial charge on any atom is 0.0410 e. The Bertz CT molecular complexity index is 497. The predicted molar refractivity (Wildman–Crippen MR) is 76.4 cm³/mol. The molecule has 0 saturated carbocycles. The summed E-state index contributed by atoms with van der Waals surface area (Å²) in [6.45, 7) is 2.23. The molecule has 3 heteroatoms. The van der Waals surface area contributed by atoms with Crippen molar-refractivity contribution >= 4 is 28.2 Å². The zero-order valence-electron chi connectivity index (χ0n) is 10.1. The van der Waals surface area contributed by atoms with Crippen LogP contribution in [0.3, 0.4) is 0 Å². The third kappa shape index (κ3) is 2.91. The van der Waals surface area contributed by atoms with Crippen molar-refractivity contribution < 1.29 is 0 Å². The maximum absolute atomic E-state index is 5.95. The van der Waals surface area contributed by atoms with E-state index in [1.807, 2.05) is 36.3 Å². The fourth-order valence-electron chi connectivity index (χ4n) is 1.84. The molecule has 2 aromatic rings. The second-order valence-electron chi connectivity index (χ2n) is 4.13. The van der Waals surface area contributed by atoms with E-state index in [1.54, 1.807) is 0 Å². The average Bonchev–Trinajstić information content (AvgIpc) is 2.37. The first kappa shape index (κ1) is 12.2. The number of unbranched alkanes of at least 4 members (excludes halogenated alkanes) is 2. The van der Waals surface area contributed by atoms with Crippen LogP contribution < -0.4 is 5.73 Å². The first-order valence-corrected chi connectivity index (χ1v) is 7.06. The lowest BCUT2D eigenvalue weighted by Gasteiger charge is -2.07. The first-order valence-electron chi connectivity index (χ1n) is 6.08. The molecule has 0 aliphatic carbocycles. The van der Waals surface area contributed by atoms with Crippen molar-refractivity contribution in [2.24, 2.45) is 0 Å². The van der Waals surface area contributed by atoms with Crippen LogP contribution in [0, 0.1) is 0 Å². The Kier molecular flexibility index (Phi) is 4.26. The van der Waals surface area contributed by atoms with Gasteiger partial charge in [-0.3, -0.25) is 4.98 Å². The van der Waals surface area contributed by atoms with Gasteiger partial charge in [0.25, 0.3) is 0 Å². The fourth-order valence-corrected chi connectivity index (χ4v) is 2.91. The number of hydrogen-bond donors (Lipinski definition) is 1. The number of fused-ring (bicyclic) bond motifs is 1. The summed E-state index contributed by atoms with van der Waals surface area (Å²) in [7, 11) is 0. The molecule has 1 heterocycles. The highest BCUT2D eigenvalue weighted by Gasteiger charge is 2.04. The predicted octanol–water partition coefficient (Wildman–Crippen LogP) is 4.10. The van der Waals surface area contributed by atoms with E-state index in [4.69, 9.17) is 5.73 Å². The molecule has 0 saturated heterocycles. The molecule has 0 aliphatic heterocycles. The second-order valence-corrected chi connectivity index (χ2v) is 5.27. The van der Waals surface area contributed by atoms with Gasteiger partial charge in [-0.2, -0.15) is 0 Å². The summed E-state index contributed by atoms with van der Waals surface area (Å²) in [4.78, 5) is 5.45. The topological polar surface area (TPSA) is 38.9 Å². The number of nitrogens with zero attached hydrogens (tertiary/aromatic N) is 1. The van der Waals surface area contributed by atoms with Gasteiger partial charge in [0.15, 0.2) is 0 Å². The van der Waals surface area contributed by atoms with Crippen LogP contribution in [0.25, 0.3) is 10.8 Å². The monoisotopic (exact) mass is 246 g/mol. The molecule has 2 N–H and O–H groups in total. The molecule has 0 bridgehead atoms. The smallest absolute Gasteiger partial charge is 0.0410 e. The summed E-state index contributed by atoms with van der Waals surface area (Å²) in [6, 6.07) is 6.15. The molecule has 0 amide bonds. The summed E-state index contributed by atoms with van der Waals surface area (Å²) in [5, 5.41) is 2.29. The summed E-state index contributed by atoms with van der Waals surface area (Å²) in [5.41, 5.74) is 6.76. The Hall–Kier alpha value is -1.22. The number of thioether (sulfide) groups is 1. The molecule has 0 aliphatic rings. The molecule has 90 valence electrons. The number of hydrogen-bond acceptors (Lipinski definition) is 3. The molecular weight excluding hydrogens is 228 g/mol. The van der Waals surface area contributed by atoms with Crippen molar-refractivity contribution in [1.29, 1.82) is 0 Å². The third-order valence-electron chi connectivity index (χ3n) is 2.82. The number of nitrogens with two attached hydrogens (primary N) is 1. The number of pyridine rings is 1. The van der Waals surface area contributed by atoms with Gasteiger partial charge < -0.3 is 5.73 Å². The Labute approximate surface area is 107 Å². The minimum absolute atomic E-state index is 0.811. The van der Waals surface area contributed by atoms with E-state index in [9.17, 15) is 0 Å². The third-order valence-corrected chi connectivity index (χ3v) is 3.98. The lowest BCUT2D eigenvalue weighted by atomic mass is 10.1. The minimum Gasteiger partial charge on any atom is -0.398 e. The van der Waals surface area contributed by atoms with E-state index in [2.05, 4.69) is 18.0 Å². The standard InChI is InChI=1S/C14H18N2S/c1-2-3-4-9-17-14-6-5-13(15)12-10-16-8-7-11(12)14/h5-8,10H,2-4,9,15H2,1H3. The van der Waals surface area contributed by atoms with E-state index in [0.29, 0.717) is 0 Å². The SMILES string of the molecule is CCCCCSc1ccc(N)c2cnccc12. The van der Waals surface area contributed by atoms with Crippen LogP contribution in [0.4, 0.5) is 5.69 Å². The molecule has 0 radical (unpaired) electrons. The van der Waals surface area contributed by atoms with Gasteiger partial charge in [0.05, 0.1) is 0 Å². The fraction of sp³-hybridized carbons (Fsp3) is 0.357. The van der Waals surface area contributed by atoms with Gasteiger partial charge in [0.1, 0.15) is 0 Å². The van der Waals surface area contributed by atoms with Crippen molar-refractivity contribution in [2.45, 2.75) is 31.1 Å². The number of nitrogen functional groups attached to an aromatic ring is 1. The minimum atomic E-state index is 0.811. The lowest BCUT2D eigenvalue weighted by Crippen LogP contribution is -1.89. The average molecular weight is 246 g/mol. The van der Waals surface area contributed by atoms with Crippen LogP contribution in [0.2, 0.25) is 0 Å². The number of benzene rings is 1. The van der Waals surface area contributed by atoms with Crippen LogP contribution in [-0.2, 0) is 0 Å². The number of rotatable bonds is 5. The van der Waals surface area contributed by atoms with Crippen LogP contribution >= 0.6 is 11.8 Å². The largest absolute Gasteiger partial charge is 0.398 e. The van der Waals surface area contributed by atoms with Crippen molar-refractivity contribution in [2.75, 3.05) is 11.5 Å². The Morgan fingerprint density at radius 2 is 2.06 bits per heavy atom. The molecule has 0 atom stereocenters. The molecule has 1 aromatic carbocycles.